The van der Waals surface area contributed by atoms with Gasteiger partial charge in [-0.25, -0.2) is 4.79 Å². The maximum absolute atomic E-state index is 12.7. The van der Waals surface area contributed by atoms with E-state index in [-0.39, 0.29) is 30.8 Å². The van der Waals surface area contributed by atoms with E-state index in [2.05, 4.69) is 64.2 Å². The number of amides is 2. The Kier molecular flexibility index (Phi) is 11.8. The van der Waals surface area contributed by atoms with Crippen molar-refractivity contribution in [1.82, 2.24) is 15.5 Å². The summed E-state index contributed by atoms with van der Waals surface area (Å²) in [6, 6.07) is 40.8. The molecule has 4 atom stereocenters. The second-order valence-corrected chi connectivity index (χ2v) is 15.2. The minimum absolute atomic E-state index is 0.00364. The van der Waals surface area contributed by atoms with Crippen molar-refractivity contribution in [2.24, 2.45) is 5.92 Å². The predicted molar refractivity (Wildman–Crippen MR) is 209 cm³/mol. The number of aromatic nitrogens is 2. The van der Waals surface area contributed by atoms with Gasteiger partial charge in [-0.1, -0.05) is 115 Å². The molecule has 0 radical (unpaired) electrons. The highest BCUT2D eigenvalue weighted by atomic mass is 32.2. The molecule has 0 unspecified atom stereocenters. The number of aliphatic hydroxyl groups is 1. The molecule has 7 rings (SSSR count). The lowest BCUT2D eigenvalue weighted by Gasteiger charge is -2.41. The number of carbonyl (C=O) groups excluding carboxylic acids is 1. The van der Waals surface area contributed by atoms with Gasteiger partial charge in [0.1, 0.15) is 16.5 Å². The minimum atomic E-state index is -0.564. The number of ether oxygens (including phenoxy) is 3. The lowest BCUT2D eigenvalue weighted by atomic mass is 9.91. The molecule has 5 aromatic carbocycles. The molecule has 9 nitrogen and oxygen atoms in total. The van der Waals surface area contributed by atoms with Crippen LogP contribution in [0.15, 0.2) is 132 Å². The summed E-state index contributed by atoms with van der Waals surface area (Å²) < 4.78 is 20.0. The van der Waals surface area contributed by atoms with Crippen LogP contribution in [0.3, 0.4) is 0 Å². The third-order valence-electron chi connectivity index (χ3n) is 8.99. The van der Waals surface area contributed by atoms with Crippen molar-refractivity contribution in [3.05, 3.63) is 155 Å². The Balaban J connectivity index is 0.983. The van der Waals surface area contributed by atoms with Gasteiger partial charge < -0.3 is 30.0 Å². The van der Waals surface area contributed by atoms with E-state index in [1.165, 1.54) is 0 Å². The van der Waals surface area contributed by atoms with Gasteiger partial charge in [-0.2, -0.15) is 0 Å². The summed E-state index contributed by atoms with van der Waals surface area (Å²) >= 11 is 3.24. The Morgan fingerprint density at radius 3 is 2.26 bits per heavy atom. The zero-order valence-corrected chi connectivity index (χ0v) is 31.0. The molecule has 1 aromatic heterocycles. The fraction of sp³-hybridized carbons (Fsp3) is 0.214. The fourth-order valence-corrected chi connectivity index (χ4v) is 8.09. The van der Waals surface area contributed by atoms with Crippen LogP contribution in [0.2, 0.25) is 0 Å². The van der Waals surface area contributed by atoms with Crippen LogP contribution in [0, 0.1) is 12.8 Å². The summed E-state index contributed by atoms with van der Waals surface area (Å²) in [5.41, 5.74) is 6.55. The van der Waals surface area contributed by atoms with E-state index in [1.807, 2.05) is 97.9 Å². The highest BCUT2D eigenvalue weighted by molar-refractivity contribution is 8.01. The summed E-state index contributed by atoms with van der Waals surface area (Å²) in [7, 11) is 0. The number of rotatable bonds is 12. The standard InChI is InChI=1S/C42H40N4O5S2/c1-27-38(26-52-42-46-45-28(2)53-42)50-40(51-39(27)32-13-11-29(25-47)12-14-32)33-17-15-31(16-18-33)34-8-6-7-30(23-34)24-43-41(48)44-35-19-21-37(22-20-35)49-36-9-4-3-5-10-36/h3-23,27,38-40,47H,24-26H2,1-2H3,(H2,43,44,48)/t27-,38+,39+,40+/m0/s1. The van der Waals surface area contributed by atoms with Gasteiger partial charge in [-0.3, -0.25) is 0 Å². The van der Waals surface area contributed by atoms with Crippen molar-refractivity contribution in [1.29, 1.82) is 0 Å². The summed E-state index contributed by atoms with van der Waals surface area (Å²) in [6.07, 6.45) is -0.858. The smallest absolute Gasteiger partial charge is 0.319 e. The number of urea groups is 1. The maximum Gasteiger partial charge on any atom is 0.319 e. The van der Waals surface area contributed by atoms with Gasteiger partial charge in [0, 0.05) is 29.5 Å². The van der Waals surface area contributed by atoms with E-state index in [4.69, 9.17) is 14.2 Å². The van der Waals surface area contributed by atoms with Crippen LogP contribution in [0.25, 0.3) is 11.1 Å². The number of aryl methyl sites for hydroxylation is 1. The molecular formula is C42H40N4O5S2. The van der Waals surface area contributed by atoms with Crippen molar-refractivity contribution in [3.8, 4) is 22.6 Å². The first-order valence-corrected chi connectivity index (χ1v) is 19.2. The molecule has 1 fully saturated rings. The Labute approximate surface area is 317 Å². The predicted octanol–water partition coefficient (Wildman–Crippen LogP) is 9.70. The summed E-state index contributed by atoms with van der Waals surface area (Å²) in [6.45, 7) is 4.48. The second kappa shape index (κ2) is 17.2. The molecule has 6 aromatic rings. The first-order valence-electron chi connectivity index (χ1n) is 17.4. The molecule has 0 bridgehead atoms. The summed E-state index contributed by atoms with van der Waals surface area (Å²) in [5.74, 6) is 2.23. The number of nitrogens with one attached hydrogen (secondary N) is 2. The van der Waals surface area contributed by atoms with Crippen LogP contribution in [-0.4, -0.2) is 33.2 Å². The number of carbonyl (C=O) groups is 1. The average Bonchev–Trinajstić information content (AvgIpc) is 3.62. The van der Waals surface area contributed by atoms with Crippen LogP contribution in [0.5, 0.6) is 11.5 Å². The molecule has 0 saturated carbocycles. The van der Waals surface area contributed by atoms with Gasteiger partial charge in [0.15, 0.2) is 10.6 Å². The molecule has 1 aliphatic heterocycles. The molecule has 53 heavy (non-hydrogen) atoms. The van der Waals surface area contributed by atoms with Crippen LogP contribution in [0.4, 0.5) is 10.5 Å². The molecule has 0 aliphatic carbocycles. The second-order valence-electron chi connectivity index (χ2n) is 12.8. The minimum Gasteiger partial charge on any atom is -0.457 e. The van der Waals surface area contributed by atoms with E-state index in [0.717, 1.165) is 48.5 Å². The maximum atomic E-state index is 12.7. The number of benzene rings is 5. The quantitative estimate of drug-likeness (QED) is 0.106. The monoisotopic (exact) mass is 744 g/mol. The topological polar surface area (TPSA) is 115 Å². The van der Waals surface area contributed by atoms with Crippen LogP contribution >= 0.6 is 23.1 Å². The number of aliphatic hydroxyl groups excluding tert-OH is 1. The lowest BCUT2D eigenvalue weighted by Crippen LogP contribution is -2.38. The zero-order chi connectivity index (χ0) is 36.6. The number of hydrogen-bond acceptors (Lipinski definition) is 9. The van der Waals surface area contributed by atoms with Crippen molar-refractivity contribution in [2.45, 2.75) is 49.8 Å². The first-order chi connectivity index (χ1) is 25.9. The van der Waals surface area contributed by atoms with Gasteiger partial charge in [0.2, 0.25) is 0 Å². The van der Waals surface area contributed by atoms with Crippen LogP contribution in [-0.2, 0) is 22.6 Å². The molecule has 2 heterocycles. The SMILES string of the molecule is Cc1nnc(SC[C@H]2O[C@@H](c3ccc(-c4cccc(CNC(=O)Nc5ccc(Oc6ccccc6)cc5)c4)cc3)O[C@@H](c3ccc(CO)cc3)[C@H]2C)s1. The van der Waals surface area contributed by atoms with Gasteiger partial charge >= 0.3 is 6.03 Å². The molecule has 270 valence electrons. The summed E-state index contributed by atoms with van der Waals surface area (Å²) in [5, 5.41) is 24.8. The van der Waals surface area contributed by atoms with Crippen molar-refractivity contribution >= 4 is 34.8 Å². The Morgan fingerprint density at radius 2 is 1.55 bits per heavy atom. The number of thioether (sulfide) groups is 1. The van der Waals surface area contributed by atoms with E-state index in [0.29, 0.717) is 23.7 Å². The lowest BCUT2D eigenvalue weighted by molar-refractivity contribution is -0.268. The molecular weight excluding hydrogens is 705 g/mol. The highest BCUT2D eigenvalue weighted by Gasteiger charge is 2.38. The first kappa shape index (κ1) is 36.3. The highest BCUT2D eigenvalue weighted by Crippen LogP contribution is 2.43. The average molecular weight is 745 g/mol. The molecule has 3 N–H and O–H groups in total. The van der Waals surface area contributed by atoms with Crippen molar-refractivity contribution in [2.75, 3.05) is 11.1 Å². The van der Waals surface area contributed by atoms with E-state index >= 15 is 0 Å². The zero-order valence-electron chi connectivity index (χ0n) is 29.3. The van der Waals surface area contributed by atoms with Crippen LogP contribution in [0.1, 0.15) is 46.6 Å². The van der Waals surface area contributed by atoms with Crippen molar-refractivity contribution in [3.63, 3.8) is 0 Å². The molecule has 1 aliphatic rings. The van der Waals surface area contributed by atoms with Gasteiger partial charge in [0.25, 0.3) is 0 Å². The Bertz CT molecular complexity index is 2090. The van der Waals surface area contributed by atoms with Gasteiger partial charge in [0.05, 0.1) is 18.8 Å². The molecule has 0 spiro atoms. The number of anilines is 1. The normalized spacial score (nSPS) is 18.3. The Hall–Kier alpha value is -5.04. The number of nitrogens with zero attached hydrogens (tertiary/aromatic N) is 2. The van der Waals surface area contributed by atoms with E-state index in [9.17, 15) is 9.90 Å². The number of hydrogen-bond donors (Lipinski definition) is 3. The third kappa shape index (κ3) is 9.50. The summed E-state index contributed by atoms with van der Waals surface area (Å²) in [4.78, 5) is 12.7. The van der Waals surface area contributed by atoms with Crippen molar-refractivity contribution < 1.29 is 24.1 Å². The van der Waals surface area contributed by atoms with E-state index < -0.39 is 6.29 Å². The third-order valence-corrected chi connectivity index (χ3v) is 11.0. The van der Waals surface area contributed by atoms with Gasteiger partial charge in [-0.05, 0) is 77.2 Å². The fourth-order valence-electron chi connectivity index (χ4n) is 6.08. The van der Waals surface area contributed by atoms with E-state index in [1.54, 1.807) is 23.1 Å². The largest absolute Gasteiger partial charge is 0.457 e. The molecule has 1 saturated heterocycles. The molecule has 11 heteroatoms. The van der Waals surface area contributed by atoms with Crippen LogP contribution < -0.4 is 15.4 Å². The number of para-hydroxylation sites is 1. The Morgan fingerprint density at radius 1 is 0.811 bits per heavy atom. The van der Waals surface area contributed by atoms with Gasteiger partial charge in [-0.15, -0.1) is 10.2 Å². The molecule has 2 amide bonds.